The van der Waals surface area contributed by atoms with E-state index < -0.39 is 5.60 Å². The van der Waals surface area contributed by atoms with Gasteiger partial charge in [0.2, 0.25) is 5.91 Å². The number of carbonyl (C=O) groups is 3. The second kappa shape index (κ2) is 9.49. The highest BCUT2D eigenvalue weighted by Crippen LogP contribution is 2.20. The molecule has 1 fully saturated rings. The third-order valence-corrected chi connectivity index (χ3v) is 3.62. The molecule has 1 atom stereocenters. The molecule has 0 aromatic carbocycles. The van der Waals surface area contributed by atoms with E-state index in [0.29, 0.717) is 19.5 Å². The highest BCUT2D eigenvalue weighted by Gasteiger charge is 2.31. The number of rotatable bonds is 6. The number of piperidine rings is 1. The number of ether oxygens (including phenoxy) is 2. The van der Waals surface area contributed by atoms with Crippen LogP contribution in [0.2, 0.25) is 0 Å². The largest absolute Gasteiger partial charge is 0.463 e. The zero-order valence-electron chi connectivity index (χ0n) is 15.2. The quantitative estimate of drug-likeness (QED) is 0.591. The summed E-state index contributed by atoms with van der Waals surface area (Å²) in [5, 5.41) is 2.63. The van der Waals surface area contributed by atoms with Gasteiger partial charge in [-0.05, 0) is 46.5 Å². The molecular weight excluding hydrogens is 312 g/mol. The van der Waals surface area contributed by atoms with Gasteiger partial charge in [0.05, 0.1) is 6.04 Å². The maximum atomic E-state index is 12.3. The van der Waals surface area contributed by atoms with Gasteiger partial charge in [-0.25, -0.2) is 4.79 Å². The summed E-state index contributed by atoms with van der Waals surface area (Å²) < 4.78 is 10.7. The molecule has 1 rings (SSSR count). The molecule has 138 valence electrons. The molecule has 7 heteroatoms. The first-order valence-corrected chi connectivity index (χ1v) is 8.59. The van der Waals surface area contributed by atoms with Crippen LogP contribution in [-0.2, 0) is 19.1 Å². The van der Waals surface area contributed by atoms with Crippen molar-refractivity contribution in [2.75, 3.05) is 19.7 Å². The molecular formula is C17H30N2O5. The molecule has 0 aromatic heterocycles. The van der Waals surface area contributed by atoms with Crippen molar-refractivity contribution in [3.8, 4) is 0 Å². The van der Waals surface area contributed by atoms with Crippen LogP contribution in [0.5, 0.6) is 0 Å². The SMILES string of the molecule is CC(=O)NCCCC(=O)OC[C@@H]1CCCCN1C(=O)OC(C)(C)C. The Labute approximate surface area is 144 Å². The molecule has 0 saturated carbocycles. The number of amides is 2. The summed E-state index contributed by atoms with van der Waals surface area (Å²) in [5.41, 5.74) is -0.542. The fourth-order valence-corrected chi connectivity index (χ4v) is 2.49. The Morgan fingerprint density at radius 3 is 2.54 bits per heavy atom. The number of hydrogen-bond acceptors (Lipinski definition) is 5. The predicted octanol–water partition coefficient (Wildman–Crippen LogP) is 2.24. The van der Waals surface area contributed by atoms with E-state index in [1.165, 1.54) is 6.92 Å². The monoisotopic (exact) mass is 342 g/mol. The number of nitrogens with zero attached hydrogens (tertiary/aromatic N) is 1. The number of esters is 1. The van der Waals surface area contributed by atoms with Gasteiger partial charge in [0.15, 0.2) is 0 Å². The Morgan fingerprint density at radius 2 is 1.92 bits per heavy atom. The first kappa shape index (κ1) is 20.3. The van der Waals surface area contributed by atoms with E-state index in [4.69, 9.17) is 9.47 Å². The molecule has 0 aliphatic carbocycles. The van der Waals surface area contributed by atoms with Crippen LogP contribution < -0.4 is 5.32 Å². The Kier molecular flexibility index (Phi) is 8.01. The fraction of sp³-hybridized carbons (Fsp3) is 0.824. The van der Waals surface area contributed by atoms with Crippen LogP contribution in [0, 0.1) is 0 Å². The molecule has 24 heavy (non-hydrogen) atoms. The number of nitrogens with one attached hydrogen (secondary N) is 1. The summed E-state index contributed by atoms with van der Waals surface area (Å²) in [6.45, 7) is 8.21. The topological polar surface area (TPSA) is 84.9 Å². The summed E-state index contributed by atoms with van der Waals surface area (Å²) >= 11 is 0. The minimum Gasteiger partial charge on any atom is -0.463 e. The van der Waals surface area contributed by atoms with Crippen molar-refractivity contribution in [2.45, 2.75) is 71.4 Å². The summed E-state index contributed by atoms with van der Waals surface area (Å²) in [6.07, 6.45) is 3.18. The van der Waals surface area contributed by atoms with Crippen molar-refractivity contribution in [3.63, 3.8) is 0 Å². The van der Waals surface area contributed by atoms with E-state index in [0.717, 1.165) is 19.3 Å². The maximum absolute atomic E-state index is 12.3. The zero-order chi connectivity index (χ0) is 18.2. The molecule has 0 bridgehead atoms. The molecule has 0 spiro atoms. The third kappa shape index (κ3) is 8.17. The van der Waals surface area contributed by atoms with E-state index in [-0.39, 0.29) is 37.0 Å². The van der Waals surface area contributed by atoms with Gasteiger partial charge in [0, 0.05) is 26.4 Å². The Morgan fingerprint density at radius 1 is 1.21 bits per heavy atom. The van der Waals surface area contributed by atoms with E-state index in [1.807, 2.05) is 20.8 Å². The molecule has 7 nitrogen and oxygen atoms in total. The van der Waals surface area contributed by atoms with Crippen molar-refractivity contribution in [3.05, 3.63) is 0 Å². The third-order valence-electron chi connectivity index (χ3n) is 3.62. The maximum Gasteiger partial charge on any atom is 0.410 e. The van der Waals surface area contributed by atoms with Gasteiger partial charge in [0.1, 0.15) is 12.2 Å². The van der Waals surface area contributed by atoms with Crippen molar-refractivity contribution in [1.29, 1.82) is 0 Å². The Balaban J connectivity index is 2.38. The lowest BCUT2D eigenvalue weighted by Gasteiger charge is -2.36. The van der Waals surface area contributed by atoms with Gasteiger partial charge < -0.3 is 19.7 Å². The van der Waals surface area contributed by atoms with Gasteiger partial charge >= 0.3 is 12.1 Å². The number of carbonyl (C=O) groups excluding carboxylic acids is 3. The standard InChI is InChI=1S/C17H30N2O5/c1-13(20)18-10-7-9-15(21)23-12-14-8-5-6-11-19(14)16(22)24-17(2,3)4/h14H,5-12H2,1-4H3,(H,18,20)/t14-/m0/s1. The van der Waals surface area contributed by atoms with Crippen LogP contribution >= 0.6 is 0 Å². The molecule has 0 aromatic rings. The Bertz CT molecular complexity index is 445. The summed E-state index contributed by atoms with van der Waals surface area (Å²) in [6, 6.07) is -0.132. The first-order valence-electron chi connectivity index (χ1n) is 8.59. The smallest absolute Gasteiger partial charge is 0.410 e. The molecule has 1 saturated heterocycles. The molecule has 0 radical (unpaired) electrons. The molecule has 2 amide bonds. The van der Waals surface area contributed by atoms with Crippen LogP contribution in [0.15, 0.2) is 0 Å². The number of hydrogen-bond donors (Lipinski definition) is 1. The average molecular weight is 342 g/mol. The van der Waals surface area contributed by atoms with E-state index >= 15 is 0 Å². The van der Waals surface area contributed by atoms with Gasteiger partial charge in [-0.3, -0.25) is 9.59 Å². The highest BCUT2D eigenvalue weighted by molar-refractivity contribution is 5.73. The van der Waals surface area contributed by atoms with Crippen LogP contribution in [-0.4, -0.2) is 54.2 Å². The fourth-order valence-electron chi connectivity index (χ4n) is 2.49. The molecule has 1 N–H and O–H groups in total. The van der Waals surface area contributed by atoms with Crippen molar-refractivity contribution in [2.24, 2.45) is 0 Å². The lowest BCUT2D eigenvalue weighted by atomic mass is 10.0. The summed E-state index contributed by atoms with van der Waals surface area (Å²) in [7, 11) is 0. The minimum atomic E-state index is -0.542. The van der Waals surface area contributed by atoms with Crippen molar-refractivity contribution in [1.82, 2.24) is 10.2 Å². The lowest BCUT2D eigenvalue weighted by molar-refractivity contribution is -0.146. The van der Waals surface area contributed by atoms with Crippen molar-refractivity contribution < 1.29 is 23.9 Å². The highest BCUT2D eigenvalue weighted by atomic mass is 16.6. The first-order chi connectivity index (χ1) is 11.2. The van der Waals surface area contributed by atoms with E-state index in [9.17, 15) is 14.4 Å². The van der Waals surface area contributed by atoms with Gasteiger partial charge in [0.25, 0.3) is 0 Å². The second-order valence-electron chi connectivity index (χ2n) is 7.09. The normalized spacial score (nSPS) is 18.0. The zero-order valence-corrected chi connectivity index (χ0v) is 15.2. The predicted molar refractivity (Wildman–Crippen MR) is 89.5 cm³/mol. The summed E-state index contributed by atoms with van der Waals surface area (Å²) in [5.74, 6) is -0.423. The average Bonchev–Trinajstić information content (AvgIpc) is 2.48. The molecule has 1 heterocycles. The van der Waals surface area contributed by atoms with E-state index in [1.54, 1.807) is 4.90 Å². The van der Waals surface area contributed by atoms with Crippen LogP contribution in [0.4, 0.5) is 4.79 Å². The molecule has 0 unspecified atom stereocenters. The minimum absolute atomic E-state index is 0.112. The molecule has 1 aliphatic heterocycles. The second-order valence-corrected chi connectivity index (χ2v) is 7.09. The van der Waals surface area contributed by atoms with Crippen LogP contribution in [0.25, 0.3) is 0 Å². The van der Waals surface area contributed by atoms with Crippen LogP contribution in [0.3, 0.4) is 0 Å². The van der Waals surface area contributed by atoms with Gasteiger partial charge in [-0.2, -0.15) is 0 Å². The lowest BCUT2D eigenvalue weighted by Crippen LogP contribution is -2.48. The van der Waals surface area contributed by atoms with Gasteiger partial charge in [-0.15, -0.1) is 0 Å². The van der Waals surface area contributed by atoms with E-state index in [2.05, 4.69) is 5.32 Å². The van der Waals surface area contributed by atoms with Crippen LogP contribution in [0.1, 0.15) is 59.8 Å². The number of likely N-dealkylation sites (tertiary alicyclic amines) is 1. The summed E-state index contributed by atoms with van der Waals surface area (Å²) in [4.78, 5) is 36.4. The molecule has 1 aliphatic rings. The van der Waals surface area contributed by atoms with Gasteiger partial charge in [-0.1, -0.05) is 0 Å². The Hall–Kier alpha value is -1.79. The van der Waals surface area contributed by atoms with Crippen molar-refractivity contribution >= 4 is 18.0 Å².